The molecule has 0 radical (unpaired) electrons. The first kappa shape index (κ1) is 28.7. The molecule has 0 bridgehead atoms. The molecule has 0 amide bonds. The summed E-state index contributed by atoms with van der Waals surface area (Å²) in [4.78, 5) is 0. The second-order valence-corrected chi connectivity index (χ2v) is 17.1. The molecule has 4 heterocycles. The summed E-state index contributed by atoms with van der Waals surface area (Å²) in [6.07, 6.45) is 0. The SMILES string of the molecule is c1ccc(-c2ccc(-c3ccc4sc5c6cc7sc8c9cc(-c%10ccc(-c%11ccccc%11)cc%10)ccc9sc8c7cc6sc5c4c3)cc2)cc1. The summed E-state index contributed by atoms with van der Waals surface area (Å²) in [6, 6.07) is 58.1. The van der Waals surface area contributed by atoms with Crippen molar-refractivity contribution < 1.29 is 0 Å². The minimum absolute atomic E-state index is 1.25. The monoisotopic (exact) mass is 706 g/mol. The van der Waals surface area contributed by atoms with Crippen molar-refractivity contribution in [3.63, 3.8) is 0 Å². The first-order valence-electron chi connectivity index (χ1n) is 16.7. The zero-order chi connectivity index (χ0) is 32.8. The Morgan fingerprint density at radius 3 is 0.880 bits per heavy atom. The van der Waals surface area contributed by atoms with Crippen LogP contribution >= 0.6 is 45.3 Å². The van der Waals surface area contributed by atoms with Crippen molar-refractivity contribution in [1.29, 1.82) is 0 Å². The van der Waals surface area contributed by atoms with Crippen molar-refractivity contribution in [2.45, 2.75) is 0 Å². The van der Waals surface area contributed by atoms with E-state index in [0.29, 0.717) is 0 Å². The molecule has 0 fully saturated rings. The van der Waals surface area contributed by atoms with Crippen molar-refractivity contribution in [2.75, 3.05) is 0 Å². The van der Waals surface area contributed by atoms with Gasteiger partial charge in [0.05, 0.1) is 18.8 Å². The highest BCUT2D eigenvalue weighted by Gasteiger charge is 2.18. The molecule has 0 aliphatic carbocycles. The number of hydrogen-bond acceptors (Lipinski definition) is 4. The van der Waals surface area contributed by atoms with Gasteiger partial charge in [0.1, 0.15) is 0 Å². The third kappa shape index (κ3) is 4.53. The van der Waals surface area contributed by atoms with E-state index < -0.39 is 0 Å². The van der Waals surface area contributed by atoms with E-state index in [2.05, 4.69) is 158 Å². The molecule has 0 N–H and O–H groups in total. The highest BCUT2D eigenvalue weighted by atomic mass is 32.1. The van der Waals surface area contributed by atoms with Gasteiger partial charge in [-0.15, -0.1) is 45.3 Å². The van der Waals surface area contributed by atoms with Gasteiger partial charge >= 0.3 is 0 Å². The van der Waals surface area contributed by atoms with E-state index in [9.17, 15) is 0 Å². The lowest BCUT2D eigenvalue weighted by Gasteiger charge is -2.05. The molecule has 11 aromatic rings. The zero-order valence-electron chi connectivity index (χ0n) is 26.6. The van der Waals surface area contributed by atoms with E-state index in [1.807, 2.05) is 45.3 Å². The van der Waals surface area contributed by atoms with Gasteiger partial charge < -0.3 is 0 Å². The van der Waals surface area contributed by atoms with E-state index >= 15 is 0 Å². The van der Waals surface area contributed by atoms with E-state index in [0.717, 1.165) is 0 Å². The molecule has 234 valence electrons. The minimum Gasteiger partial charge on any atom is -0.134 e. The maximum atomic E-state index is 2.47. The molecule has 0 saturated carbocycles. The molecule has 0 aliphatic heterocycles. The van der Waals surface area contributed by atoms with Gasteiger partial charge in [0.25, 0.3) is 0 Å². The molecule has 0 unspecified atom stereocenters. The van der Waals surface area contributed by atoms with E-state index in [1.54, 1.807) is 0 Å². The highest BCUT2D eigenvalue weighted by molar-refractivity contribution is 7.38. The van der Waals surface area contributed by atoms with Gasteiger partial charge in [-0.2, -0.15) is 0 Å². The molecular formula is C46H26S4. The van der Waals surface area contributed by atoms with Crippen LogP contribution in [0.15, 0.2) is 158 Å². The molecule has 0 nitrogen and oxygen atoms in total. The predicted molar refractivity (Wildman–Crippen MR) is 225 cm³/mol. The number of fused-ring (bicyclic) bond motifs is 10. The molecule has 0 atom stereocenters. The molecular weight excluding hydrogens is 681 g/mol. The van der Waals surface area contributed by atoms with E-state index in [4.69, 9.17) is 0 Å². The van der Waals surface area contributed by atoms with Crippen LogP contribution in [-0.4, -0.2) is 0 Å². The third-order valence-corrected chi connectivity index (χ3v) is 15.0. The Morgan fingerprint density at radius 2 is 0.500 bits per heavy atom. The molecule has 7 aromatic carbocycles. The average molecular weight is 707 g/mol. The summed E-state index contributed by atoms with van der Waals surface area (Å²) in [5.74, 6) is 0. The Labute approximate surface area is 304 Å². The standard InChI is InChI=1S/C46H26S4/c1-3-7-27(8-4-1)29-11-15-31(16-12-29)33-19-21-39-35(23-33)43-45(47-39)37-25-42-38(26-41(37)49-43)46-44(50-42)36-24-34(20-22-40(36)48-46)32-17-13-30(14-18-32)28-9-5-2-6-10-28/h1-26H. The Bertz CT molecular complexity index is 2830. The number of thiophene rings is 4. The van der Waals surface area contributed by atoms with Crippen LogP contribution in [0.3, 0.4) is 0 Å². The lowest BCUT2D eigenvalue weighted by Crippen LogP contribution is -1.80. The minimum atomic E-state index is 1.25. The highest BCUT2D eigenvalue weighted by Crippen LogP contribution is 2.50. The lowest BCUT2D eigenvalue weighted by molar-refractivity contribution is 1.60. The Hall–Kier alpha value is -5.10. The Morgan fingerprint density at radius 1 is 0.220 bits per heavy atom. The second kappa shape index (κ2) is 11.2. The quantitative estimate of drug-likeness (QED) is 0.171. The van der Waals surface area contributed by atoms with Gasteiger partial charge in [0, 0.05) is 40.3 Å². The topological polar surface area (TPSA) is 0 Å². The van der Waals surface area contributed by atoms with Crippen LogP contribution in [0.4, 0.5) is 0 Å². The molecule has 0 aliphatic rings. The van der Waals surface area contributed by atoms with Gasteiger partial charge in [-0.25, -0.2) is 0 Å². The van der Waals surface area contributed by atoms with Gasteiger partial charge in [0.15, 0.2) is 0 Å². The summed E-state index contributed by atoms with van der Waals surface area (Å²) >= 11 is 7.78. The molecule has 0 spiro atoms. The number of hydrogen-bond donors (Lipinski definition) is 0. The predicted octanol–water partition coefficient (Wildman–Crippen LogP) is 15.5. The molecule has 50 heavy (non-hydrogen) atoms. The van der Waals surface area contributed by atoms with Crippen LogP contribution in [0.1, 0.15) is 0 Å². The first-order chi connectivity index (χ1) is 24.7. The summed E-state index contributed by atoms with van der Waals surface area (Å²) in [5, 5.41) is 5.53. The maximum Gasteiger partial charge on any atom is 0.0542 e. The molecule has 4 aromatic heterocycles. The van der Waals surface area contributed by atoms with Gasteiger partial charge in [-0.05, 0) is 80.9 Å². The Balaban J connectivity index is 0.979. The molecule has 0 saturated heterocycles. The van der Waals surface area contributed by atoms with Crippen LogP contribution in [0.2, 0.25) is 0 Å². The van der Waals surface area contributed by atoms with Crippen LogP contribution in [0, 0.1) is 0 Å². The average Bonchev–Trinajstić information content (AvgIpc) is 3.92. The van der Waals surface area contributed by atoms with Gasteiger partial charge in [0.2, 0.25) is 0 Å². The normalized spacial score (nSPS) is 12.0. The fraction of sp³-hybridized carbons (Fsp3) is 0. The smallest absolute Gasteiger partial charge is 0.0542 e. The third-order valence-electron chi connectivity index (χ3n) is 9.93. The van der Waals surface area contributed by atoms with E-state index in [1.165, 1.54) is 104 Å². The first-order valence-corrected chi connectivity index (χ1v) is 20.0. The van der Waals surface area contributed by atoms with Crippen LogP contribution in [-0.2, 0) is 0 Å². The Kier molecular flexibility index (Phi) is 6.44. The molecule has 4 heteroatoms. The second-order valence-electron chi connectivity index (χ2n) is 12.9. The van der Waals surface area contributed by atoms with Crippen molar-refractivity contribution >= 4 is 104 Å². The van der Waals surface area contributed by atoms with Crippen molar-refractivity contribution in [1.82, 2.24) is 0 Å². The fourth-order valence-electron chi connectivity index (χ4n) is 7.34. The summed E-state index contributed by atoms with van der Waals surface area (Å²) in [7, 11) is 0. The van der Waals surface area contributed by atoms with Gasteiger partial charge in [-0.1, -0.05) is 121 Å². The zero-order valence-corrected chi connectivity index (χ0v) is 29.9. The maximum absolute atomic E-state index is 2.47. The number of benzene rings is 7. The van der Waals surface area contributed by atoms with Crippen LogP contribution in [0.25, 0.3) is 104 Å². The van der Waals surface area contributed by atoms with Crippen LogP contribution in [0.5, 0.6) is 0 Å². The van der Waals surface area contributed by atoms with E-state index in [-0.39, 0.29) is 0 Å². The van der Waals surface area contributed by atoms with Crippen molar-refractivity contribution in [3.05, 3.63) is 158 Å². The van der Waals surface area contributed by atoms with Gasteiger partial charge in [-0.3, -0.25) is 0 Å². The summed E-state index contributed by atoms with van der Waals surface area (Å²) < 4.78 is 11.2. The van der Waals surface area contributed by atoms with Crippen molar-refractivity contribution in [3.8, 4) is 44.5 Å². The number of rotatable bonds is 4. The largest absolute Gasteiger partial charge is 0.134 e. The summed E-state index contributed by atoms with van der Waals surface area (Å²) in [6.45, 7) is 0. The molecule has 11 rings (SSSR count). The lowest BCUT2D eigenvalue weighted by atomic mass is 10.00. The fourth-order valence-corrected chi connectivity index (χ4v) is 12.6. The van der Waals surface area contributed by atoms with Crippen LogP contribution < -0.4 is 0 Å². The van der Waals surface area contributed by atoms with Crippen molar-refractivity contribution in [2.24, 2.45) is 0 Å². The summed E-state index contributed by atoms with van der Waals surface area (Å²) in [5.41, 5.74) is 10.1.